The van der Waals surface area contributed by atoms with E-state index in [1.165, 1.54) is 4.31 Å². The number of rotatable bonds is 5. The van der Waals surface area contributed by atoms with E-state index in [9.17, 15) is 8.42 Å². The molecule has 24 heavy (non-hydrogen) atoms. The van der Waals surface area contributed by atoms with E-state index in [2.05, 4.69) is 9.97 Å². The highest BCUT2D eigenvalue weighted by Crippen LogP contribution is 2.23. The first-order valence-corrected chi connectivity index (χ1v) is 9.43. The molecule has 0 unspecified atom stereocenters. The van der Waals surface area contributed by atoms with Crippen molar-refractivity contribution >= 4 is 10.0 Å². The van der Waals surface area contributed by atoms with Crippen molar-refractivity contribution in [2.24, 2.45) is 0 Å². The van der Waals surface area contributed by atoms with E-state index in [1.807, 2.05) is 32.9 Å². The van der Waals surface area contributed by atoms with Crippen LogP contribution in [0.3, 0.4) is 0 Å². The van der Waals surface area contributed by atoms with Gasteiger partial charge in [-0.25, -0.2) is 13.4 Å². The average molecular weight is 350 g/mol. The first-order valence-electron chi connectivity index (χ1n) is 7.99. The number of ether oxygens (including phenoxy) is 1. The molecule has 1 saturated heterocycles. The van der Waals surface area contributed by atoms with Crippen LogP contribution < -0.4 is 4.74 Å². The number of pyridine rings is 1. The van der Waals surface area contributed by atoms with E-state index < -0.39 is 10.0 Å². The first kappa shape index (κ1) is 16.9. The Hall–Kier alpha value is -1.93. The van der Waals surface area contributed by atoms with Crippen molar-refractivity contribution in [3.05, 3.63) is 36.5 Å². The van der Waals surface area contributed by atoms with Crippen LogP contribution >= 0.6 is 0 Å². The van der Waals surface area contributed by atoms with Gasteiger partial charge in [0.25, 0.3) is 10.0 Å². The third kappa shape index (κ3) is 3.44. The quantitative estimate of drug-likeness (QED) is 0.824. The number of hydrogen-bond donors (Lipinski definition) is 0. The largest absolute Gasteiger partial charge is 0.487 e. The molecule has 0 saturated carbocycles. The molecule has 0 bridgehead atoms. The molecule has 130 valence electrons. The third-order valence-corrected chi connectivity index (χ3v) is 5.82. The smallest absolute Gasteiger partial charge is 0.262 e. The summed E-state index contributed by atoms with van der Waals surface area (Å²) in [5, 5.41) is 0.0915. The third-order valence-electron chi connectivity index (χ3n) is 4.07. The Morgan fingerprint density at radius 2 is 2.08 bits per heavy atom. The summed E-state index contributed by atoms with van der Waals surface area (Å²) in [6, 6.07) is 3.89. The molecule has 1 aliphatic rings. The lowest BCUT2D eigenvalue weighted by molar-refractivity contribution is 0.214. The van der Waals surface area contributed by atoms with Crippen LogP contribution in [0.2, 0.25) is 0 Å². The lowest BCUT2D eigenvalue weighted by Crippen LogP contribution is -2.31. The molecule has 3 heterocycles. The molecule has 0 aliphatic carbocycles. The van der Waals surface area contributed by atoms with Gasteiger partial charge in [0.1, 0.15) is 11.9 Å². The van der Waals surface area contributed by atoms with Crippen LogP contribution in [-0.4, -0.2) is 46.5 Å². The van der Waals surface area contributed by atoms with E-state index in [1.54, 1.807) is 23.3 Å². The van der Waals surface area contributed by atoms with Gasteiger partial charge >= 0.3 is 0 Å². The second-order valence-corrected chi connectivity index (χ2v) is 8.16. The minimum Gasteiger partial charge on any atom is -0.487 e. The summed E-state index contributed by atoms with van der Waals surface area (Å²) in [5.74, 6) is 0.661. The number of aromatic nitrogens is 3. The van der Waals surface area contributed by atoms with Gasteiger partial charge in [-0.05, 0) is 39.3 Å². The summed E-state index contributed by atoms with van der Waals surface area (Å²) in [7, 11) is -3.58. The Morgan fingerprint density at radius 1 is 1.29 bits per heavy atom. The molecule has 1 aliphatic heterocycles. The predicted molar refractivity (Wildman–Crippen MR) is 89.4 cm³/mol. The molecule has 0 N–H and O–H groups in total. The van der Waals surface area contributed by atoms with Gasteiger partial charge in [-0.1, -0.05) is 0 Å². The first-order chi connectivity index (χ1) is 11.4. The van der Waals surface area contributed by atoms with Crippen LogP contribution in [0.1, 0.15) is 32.0 Å². The Bertz CT molecular complexity index is 799. The van der Waals surface area contributed by atoms with Crippen molar-refractivity contribution in [3.63, 3.8) is 0 Å². The van der Waals surface area contributed by atoms with Gasteiger partial charge < -0.3 is 9.30 Å². The van der Waals surface area contributed by atoms with Gasteiger partial charge in [0.2, 0.25) is 0 Å². The molecule has 1 fully saturated rings. The molecular weight excluding hydrogens is 328 g/mol. The maximum absolute atomic E-state index is 12.7. The number of imidazole rings is 1. The molecule has 2 aromatic heterocycles. The molecule has 0 aromatic carbocycles. The van der Waals surface area contributed by atoms with Crippen molar-refractivity contribution in [1.82, 2.24) is 18.8 Å². The molecule has 3 rings (SSSR count). The van der Waals surface area contributed by atoms with Gasteiger partial charge in [0, 0.05) is 24.5 Å². The Labute approximate surface area is 142 Å². The molecule has 8 heteroatoms. The number of aryl methyl sites for hydroxylation is 1. The van der Waals surface area contributed by atoms with Crippen LogP contribution in [0.15, 0.2) is 35.9 Å². The number of sulfonamides is 1. The van der Waals surface area contributed by atoms with Crippen LogP contribution in [0.4, 0.5) is 0 Å². The topological polar surface area (TPSA) is 77.3 Å². The summed E-state index contributed by atoms with van der Waals surface area (Å²) in [6.45, 7) is 6.62. The van der Waals surface area contributed by atoms with Crippen LogP contribution in [0.25, 0.3) is 0 Å². The minimum absolute atomic E-state index is 0.0915. The normalized spacial score (nSPS) is 19.1. The Morgan fingerprint density at radius 3 is 2.71 bits per heavy atom. The highest BCUT2D eigenvalue weighted by Gasteiger charge is 2.35. The maximum Gasteiger partial charge on any atom is 0.262 e. The highest BCUT2D eigenvalue weighted by molar-refractivity contribution is 7.89. The van der Waals surface area contributed by atoms with E-state index in [0.29, 0.717) is 25.3 Å². The predicted octanol–water partition coefficient (Wildman–Crippen LogP) is 2.01. The standard InChI is InChI=1S/C16H22N4O3S/c1-12(2)19-10-16(18-11-19)24(21,22)20-7-6-15(9-20)23-14-5-4-13(3)17-8-14/h4-5,8,10-12,15H,6-7,9H2,1-3H3/t15-/m1/s1. The summed E-state index contributed by atoms with van der Waals surface area (Å²) < 4.78 is 34.5. The SMILES string of the molecule is Cc1ccc(O[C@@H]2CCN(S(=O)(=O)c3cn(C(C)C)cn3)C2)cn1. The second-order valence-electron chi connectivity index (χ2n) is 6.28. The fourth-order valence-electron chi connectivity index (χ4n) is 2.59. The van der Waals surface area contributed by atoms with E-state index >= 15 is 0 Å². The molecular formula is C16H22N4O3S. The van der Waals surface area contributed by atoms with Gasteiger partial charge in [0.05, 0.1) is 19.1 Å². The van der Waals surface area contributed by atoms with Crippen molar-refractivity contribution in [2.75, 3.05) is 13.1 Å². The van der Waals surface area contributed by atoms with Crippen molar-refractivity contribution in [2.45, 2.75) is 44.4 Å². The van der Waals surface area contributed by atoms with E-state index in [0.717, 1.165) is 5.69 Å². The monoisotopic (exact) mass is 350 g/mol. The zero-order valence-corrected chi connectivity index (χ0v) is 14.9. The van der Waals surface area contributed by atoms with Gasteiger partial charge in [0.15, 0.2) is 5.03 Å². The van der Waals surface area contributed by atoms with Crippen molar-refractivity contribution in [3.8, 4) is 5.75 Å². The fraction of sp³-hybridized carbons (Fsp3) is 0.500. The van der Waals surface area contributed by atoms with Gasteiger partial charge in [-0.3, -0.25) is 4.98 Å². The molecule has 0 spiro atoms. The van der Waals surface area contributed by atoms with E-state index in [-0.39, 0.29) is 17.2 Å². The maximum atomic E-state index is 12.7. The highest BCUT2D eigenvalue weighted by atomic mass is 32.2. The number of hydrogen-bond acceptors (Lipinski definition) is 5. The molecule has 0 amide bonds. The zero-order chi connectivity index (χ0) is 17.3. The summed E-state index contributed by atoms with van der Waals surface area (Å²) >= 11 is 0. The van der Waals surface area contributed by atoms with Gasteiger partial charge in [-0.15, -0.1) is 0 Å². The lowest BCUT2D eigenvalue weighted by Gasteiger charge is -2.16. The number of nitrogens with zero attached hydrogens (tertiary/aromatic N) is 4. The fourth-order valence-corrected chi connectivity index (χ4v) is 4.00. The van der Waals surface area contributed by atoms with Crippen LogP contribution in [0.5, 0.6) is 5.75 Å². The Balaban J connectivity index is 1.68. The Kier molecular flexibility index (Phi) is 4.60. The summed E-state index contributed by atoms with van der Waals surface area (Å²) in [6.07, 6.45) is 5.28. The molecule has 2 aromatic rings. The average Bonchev–Trinajstić information content (AvgIpc) is 3.19. The van der Waals surface area contributed by atoms with Crippen molar-refractivity contribution in [1.29, 1.82) is 0 Å². The molecule has 1 atom stereocenters. The van der Waals surface area contributed by atoms with Crippen molar-refractivity contribution < 1.29 is 13.2 Å². The molecule has 7 nitrogen and oxygen atoms in total. The zero-order valence-electron chi connectivity index (χ0n) is 14.1. The van der Waals surface area contributed by atoms with Crippen LogP contribution in [-0.2, 0) is 10.0 Å². The summed E-state index contributed by atoms with van der Waals surface area (Å²) in [4.78, 5) is 8.24. The van der Waals surface area contributed by atoms with E-state index in [4.69, 9.17) is 4.74 Å². The van der Waals surface area contributed by atoms with Gasteiger partial charge in [-0.2, -0.15) is 4.31 Å². The summed E-state index contributed by atoms with van der Waals surface area (Å²) in [5.41, 5.74) is 0.915. The minimum atomic E-state index is -3.58. The molecule has 0 radical (unpaired) electrons. The van der Waals surface area contributed by atoms with Crippen LogP contribution in [0, 0.1) is 6.92 Å². The second kappa shape index (κ2) is 6.52. The lowest BCUT2D eigenvalue weighted by atomic mass is 10.3.